The Hall–Kier alpha value is -1.63. The Bertz CT molecular complexity index is 660. The molecule has 0 radical (unpaired) electrons. The maximum atomic E-state index is 11.1. The average molecular weight is 407 g/mol. The molecule has 3 rings (SSSR count). The number of hydrogen-bond donors (Lipinski definition) is 1. The predicted molar refractivity (Wildman–Crippen MR) is 109 cm³/mol. The monoisotopic (exact) mass is 406 g/mol. The lowest BCUT2D eigenvalue weighted by molar-refractivity contribution is -0.330. The third kappa shape index (κ3) is 5.93. The number of ether oxygens (including phenoxy) is 4. The Kier molecular flexibility index (Phi) is 7.55. The van der Waals surface area contributed by atoms with Crippen LogP contribution in [0.1, 0.15) is 57.9 Å². The summed E-state index contributed by atoms with van der Waals surface area (Å²) in [4.78, 5) is 11.1. The fourth-order valence-corrected chi connectivity index (χ4v) is 4.52. The van der Waals surface area contributed by atoms with Gasteiger partial charge >= 0.3 is 5.97 Å². The molecule has 2 saturated heterocycles. The summed E-state index contributed by atoms with van der Waals surface area (Å²) in [6, 6.07) is 7.89. The Morgan fingerprint density at radius 3 is 2.69 bits per heavy atom. The van der Waals surface area contributed by atoms with E-state index in [0.717, 1.165) is 43.4 Å². The zero-order valence-corrected chi connectivity index (χ0v) is 17.8. The summed E-state index contributed by atoms with van der Waals surface area (Å²) in [5, 5.41) is 9.11. The van der Waals surface area contributed by atoms with Crippen LogP contribution < -0.4 is 4.74 Å². The predicted octanol–water partition coefficient (Wildman–Crippen LogP) is 4.40. The number of rotatable bonds is 8. The number of aliphatic carboxylic acids is 1. The second-order valence-corrected chi connectivity index (χ2v) is 8.58. The van der Waals surface area contributed by atoms with Crippen molar-refractivity contribution in [3.8, 4) is 5.75 Å². The largest absolute Gasteiger partial charge is 0.497 e. The van der Waals surface area contributed by atoms with Gasteiger partial charge in [0.15, 0.2) is 5.79 Å². The first kappa shape index (κ1) is 22.1. The van der Waals surface area contributed by atoms with Crippen molar-refractivity contribution in [3.63, 3.8) is 0 Å². The fraction of sp³-hybridized carbons (Fsp3) is 0.696. The van der Waals surface area contributed by atoms with Crippen LogP contribution in [-0.4, -0.2) is 42.8 Å². The molecule has 2 aliphatic heterocycles. The highest BCUT2D eigenvalue weighted by Crippen LogP contribution is 2.43. The highest BCUT2D eigenvalue weighted by Gasteiger charge is 2.46. The maximum absolute atomic E-state index is 11.1. The topological polar surface area (TPSA) is 74.2 Å². The van der Waals surface area contributed by atoms with Gasteiger partial charge in [0.2, 0.25) is 0 Å². The van der Waals surface area contributed by atoms with Crippen molar-refractivity contribution in [1.29, 1.82) is 0 Å². The van der Waals surface area contributed by atoms with Gasteiger partial charge in [-0.3, -0.25) is 4.79 Å². The lowest BCUT2D eigenvalue weighted by Gasteiger charge is -2.49. The quantitative estimate of drug-likeness (QED) is 0.690. The van der Waals surface area contributed by atoms with Crippen molar-refractivity contribution in [2.45, 2.75) is 77.0 Å². The summed E-state index contributed by atoms with van der Waals surface area (Å²) >= 11 is 0. The first-order valence-corrected chi connectivity index (χ1v) is 10.7. The Labute approximate surface area is 173 Å². The van der Waals surface area contributed by atoms with Crippen LogP contribution in [0, 0.1) is 11.8 Å². The summed E-state index contributed by atoms with van der Waals surface area (Å²) in [5.41, 5.74) is 1.11. The minimum Gasteiger partial charge on any atom is -0.497 e. The summed E-state index contributed by atoms with van der Waals surface area (Å²) in [7, 11) is 1.66. The third-order valence-electron chi connectivity index (χ3n) is 6.13. The second-order valence-electron chi connectivity index (χ2n) is 8.58. The normalized spacial score (nSPS) is 30.8. The van der Waals surface area contributed by atoms with E-state index in [1.54, 1.807) is 7.11 Å². The Balaban J connectivity index is 1.53. The van der Waals surface area contributed by atoms with Gasteiger partial charge < -0.3 is 24.1 Å². The number of carbonyl (C=O) groups is 1. The van der Waals surface area contributed by atoms with Crippen LogP contribution in [-0.2, 0) is 25.6 Å². The molecule has 2 heterocycles. The van der Waals surface area contributed by atoms with Crippen LogP contribution in [0.4, 0.5) is 0 Å². The van der Waals surface area contributed by atoms with Gasteiger partial charge in [0.1, 0.15) is 5.75 Å². The number of methoxy groups -OCH3 is 1. The number of carboxylic acid groups (broad SMARTS) is 1. The fourth-order valence-electron chi connectivity index (χ4n) is 4.52. The number of benzene rings is 1. The molecule has 0 aromatic heterocycles. The first-order valence-electron chi connectivity index (χ1n) is 10.7. The molecule has 6 heteroatoms. The minimum atomic E-state index is -0.812. The third-order valence-corrected chi connectivity index (χ3v) is 6.13. The number of hydrogen-bond acceptors (Lipinski definition) is 5. The molecule has 5 atom stereocenters. The molecule has 0 saturated carbocycles. The van der Waals surface area contributed by atoms with Gasteiger partial charge in [0.25, 0.3) is 0 Å². The van der Waals surface area contributed by atoms with Crippen LogP contribution in [0.15, 0.2) is 24.3 Å². The van der Waals surface area contributed by atoms with Crippen molar-refractivity contribution in [1.82, 2.24) is 0 Å². The summed E-state index contributed by atoms with van der Waals surface area (Å²) in [5.74, 6) is 0.0471. The highest BCUT2D eigenvalue weighted by atomic mass is 16.7. The van der Waals surface area contributed by atoms with E-state index in [1.807, 2.05) is 24.3 Å². The molecule has 162 valence electrons. The molecule has 29 heavy (non-hydrogen) atoms. The van der Waals surface area contributed by atoms with Crippen LogP contribution in [0.25, 0.3) is 0 Å². The van der Waals surface area contributed by atoms with Crippen LogP contribution in [0.3, 0.4) is 0 Å². The van der Waals surface area contributed by atoms with Crippen LogP contribution >= 0.6 is 0 Å². The summed E-state index contributed by atoms with van der Waals surface area (Å²) in [6.45, 7) is 5.54. The Morgan fingerprint density at radius 2 is 2.00 bits per heavy atom. The van der Waals surface area contributed by atoms with Crippen molar-refractivity contribution in [2.24, 2.45) is 11.8 Å². The second kappa shape index (κ2) is 9.92. The van der Waals surface area contributed by atoms with E-state index < -0.39 is 11.8 Å². The SMILES string of the molecule is COc1ccc(COC[C@@H](C)[C@H]2O[C@@]3(CCC[C@@H](CC(=O)O)O3)CC[C@H]2C)cc1. The lowest BCUT2D eigenvalue weighted by atomic mass is 9.83. The molecule has 1 aromatic rings. The molecule has 0 aliphatic carbocycles. The first-order chi connectivity index (χ1) is 13.9. The zero-order chi connectivity index (χ0) is 20.9. The van der Waals surface area contributed by atoms with Gasteiger partial charge in [0, 0.05) is 18.8 Å². The Morgan fingerprint density at radius 1 is 1.24 bits per heavy atom. The standard InChI is InChI=1S/C23H34O6/c1-16-10-12-23(11-4-5-20(28-23)13-21(24)25)29-22(16)17(2)14-27-15-18-6-8-19(26-3)9-7-18/h6-9,16-17,20,22H,4-5,10-15H2,1-3H3,(H,24,25)/t16-,17-,20+,22+,23+/m1/s1. The average Bonchev–Trinajstić information content (AvgIpc) is 2.70. The van der Waals surface area contributed by atoms with Crippen molar-refractivity contribution in [3.05, 3.63) is 29.8 Å². The molecule has 0 unspecified atom stereocenters. The molecule has 6 nitrogen and oxygen atoms in total. The smallest absolute Gasteiger partial charge is 0.305 e. The van der Waals surface area contributed by atoms with E-state index in [1.165, 1.54) is 0 Å². The molecule has 2 fully saturated rings. The van der Waals surface area contributed by atoms with E-state index in [0.29, 0.717) is 19.1 Å². The molecule has 2 aliphatic rings. The van der Waals surface area contributed by atoms with E-state index in [9.17, 15) is 4.79 Å². The van der Waals surface area contributed by atoms with E-state index in [2.05, 4.69) is 13.8 Å². The van der Waals surface area contributed by atoms with E-state index in [4.69, 9.17) is 24.1 Å². The molecule has 1 spiro atoms. The van der Waals surface area contributed by atoms with Crippen molar-refractivity contribution in [2.75, 3.05) is 13.7 Å². The number of carboxylic acids is 1. The van der Waals surface area contributed by atoms with Crippen LogP contribution in [0.5, 0.6) is 5.75 Å². The maximum Gasteiger partial charge on any atom is 0.305 e. The van der Waals surface area contributed by atoms with Gasteiger partial charge in [-0.05, 0) is 42.9 Å². The van der Waals surface area contributed by atoms with Crippen molar-refractivity contribution >= 4 is 5.97 Å². The lowest BCUT2D eigenvalue weighted by Crippen LogP contribution is -2.52. The minimum absolute atomic E-state index is 0.0446. The molecule has 1 N–H and O–H groups in total. The molecule has 0 amide bonds. The van der Waals surface area contributed by atoms with Gasteiger partial charge in [-0.15, -0.1) is 0 Å². The van der Waals surface area contributed by atoms with E-state index in [-0.39, 0.29) is 24.5 Å². The van der Waals surface area contributed by atoms with E-state index >= 15 is 0 Å². The molecule has 1 aromatic carbocycles. The van der Waals surface area contributed by atoms with Gasteiger partial charge in [-0.2, -0.15) is 0 Å². The molecule has 0 bridgehead atoms. The molecular weight excluding hydrogens is 372 g/mol. The van der Waals surface area contributed by atoms with Crippen LogP contribution in [0.2, 0.25) is 0 Å². The summed E-state index contributed by atoms with van der Waals surface area (Å²) < 4.78 is 23.9. The molecular formula is C23H34O6. The summed E-state index contributed by atoms with van der Waals surface area (Å²) in [6.07, 6.45) is 4.27. The zero-order valence-electron chi connectivity index (χ0n) is 17.8. The highest BCUT2D eigenvalue weighted by molar-refractivity contribution is 5.67. The van der Waals surface area contributed by atoms with Crippen molar-refractivity contribution < 1.29 is 28.8 Å². The van der Waals surface area contributed by atoms with Gasteiger partial charge in [-0.1, -0.05) is 26.0 Å². The van der Waals surface area contributed by atoms with Gasteiger partial charge in [-0.25, -0.2) is 0 Å². The van der Waals surface area contributed by atoms with Gasteiger partial charge in [0.05, 0.1) is 39.0 Å².